The summed E-state index contributed by atoms with van der Waals surface area (Å²) in [6.07, 6.45) is 1.32. The van der Waals surface area contributed by atoms with Crippen LogP contribution in [0.25, 0.3) is 0 Å². The van der Waals surface area contributed by atoms with E-state index in [0.29, 0.717) is 29.9 Å². The molecule has 1 aromatic carbocycles. The van der Waals surface area contributed by atoms with Gasteiger partial charge >= 0.3 is 6.09 Å². The van der Waals surface area contributed by atoms with Gasteiger partial charge in [-0.1, -0.05) is 26.8 Å². The summed E-state index contributed by atoms with van der Waals surface area (Å²) in [7, 11) is -3.91. The molecule has 1 atom stereocenters. The minimum atomic E-state index is -3.91. The van der Waals surface area contributed by atoms with E-state index in [4.69, 9.17) is 5.11 Å². The molecule has 1 heterocycles. The largest absolute Gasteiger partial charge is 0.465 e. The molecule has 0 bridgehead atoms. The zero-order valence-corrected chi connectivity index (χ0v) is 19.6. The zero-order valence-electron chi connectivity index (χ0n) is 18.8. The summed E-state index contributed by atoms with van der Waals surface area (Å²) in [5.41, 5.74) is 1.03. The van der Waals surface area contributed by atoms with Crippen LogP contribution in [0.4, 0.5) is 10.5 Å². The minimum absolute atomic E-state index is 0.0805. The van der Waals surface area contributed by atoms with Crippen molar-refractivity contribution >= 4 is 27.5 Å². The number of carboxylic acid groups (broad SMARTS) is 1. The van der Waals surface area contributed by atoms with Gasteiger partial charge in [0.25, 0.3) is 0 Å². The smallest absolute Gasteiger partial charge is 0.404 e. The van der Waals surface area contributed by atoms with E-state index in [1.807, 2.05) is 20.8 Å². The molecule has 0 aliphatic heterocycles. The van der Waals surface area contributed by atoms with Gasteiger partial charge in [0.1, 0.15) is 4.90 Å². The molecule has 9 nitrogen and oxygen atoms in total. The fourth-order valence-electron chi connectivity index (χ4n) is 3.64. The number of carbonyl (C=O) groups excluding carboxylic acids is 1. The standard InChI is InChI=1S/C22H30N4O5S/c1-5-17-19(18(6-2)26(25-17)13-14(3)23-21(28)29)32(30,31)16-9-7-8-15(12-16)24-20(27)22(4)10-11-22/h7-9,12,14,23H,5-6,10-11,13H2,1-4H3,(H,24,27)(H,28,29)/t14-/m0/s1. The number of carbonyl (C=O) groups is 2. The predicted octanol–water partition coefficient (Wildman–Crippen LogP) is 3.24. The monoisotopic (exact) mass is 462 g/mol. The molecule has 2 amide bonds. The van der Waals surface area contributed by atoms with Crippen molar-refractivity contribution in [2.75, 3.05) is 5.32 Å². The highest BCUT2D eigenvalue weighted by molar-refractivity contribution is 7.91. The van der Waals surface area contributed by atoms with Gasteiger partial charge in [0.2, 0.25) is 15.7 Å². The quantitative estimate of drug-likeness (QED) is 0.524. The van der Waals surface area contributed by atoms with Gasteiger partial charge in [-0.25, -0.2) is 13.2 Å². The SMILES string of the molecule is CCc1nn(C[C@H](C)NC(=O)O)c(CC)c1S(=O)(=O)c1cccc(NC(=O)C2(C)CC2)c1. The molecular formula is C22H30N4O5S. The lowest BCUT2D eigenvalue weighted by molar-refractivity contribution is -0.120. The first-order chi connectivity index (χ1) is 15.0. The zero-order chi connectivity index (χ0) is 23.7. The summed E-state index contributed by atoms with van der Waals surface area (Å²) in [5, 5.41) is 18.6. The Hall–Kier alpha value is -2.88. The molecule has 1 aromatic heterocycles. The first-order valence-electron chi connectivity index (χ1n) is 10.8. The Morgan fingerprint density at radius 2 is 1.94 bits per heavy atom. The van der Waals surface area contributed by atoms with Crippen LogP contribution in [0.2, 0.25) is 0 Å². The van der Waals surface area contributed by atoms with Crippen LogP contribution in [0.3, 0.4) is 0 Å². The van der Waals surface area contributed by atoms with E-state index in [9.17, 15) is 18.0 Å². The highest BCUT2D eigenvalue weighted by Gasteiger charge is 2.44. The fraction of sp³-hybridized carbons (Fsp3) is 0.500. The van der Waals surface area contributed by atoms with Crippen molar-refractivity contribution in [1.82, 2.24) is 15.1 Å². The van der Waals surface area contributed by atoms with Crippen LogP contribution in [0.1, 0.15) is 51.9 Å². The Bertz CT molecular complexity index is 1140. The number of anilines is 1. The van der Waals surface area contributed by atoms with Gasteiger partial charge < -0.3 is 15.7 Å². The van der Waals surface area contributed by atoms with Gasteiger partial charge in [-0.05, 0) is 50.8 Å². The molecule has 32 heavy (non-hydrogen) atoms. The maximum Gasteiger partial charge on any atom is 0.404 e. The van der Waals surface area contributed by atoms with Gasteiger partial charge in [-0.2, -0.15) is 5.10 Å². The third-order valence-electron chi connectivity index (χ3n) is 5.78. The topological polar surface area (TPSA) is 130 Å². The minimum Gasteiger partial charge on any atom is -0.465 e. The average Bonchev–Trinajstić information content (AvgIpc) is 3.37. The normalized spacial score (nSPS) is 15.8. The van der Waals surface area contributed by atoms with Crippen molar-refractivity contribution in [3.63, 3.8) is 0 Å². The second-order valence-corrected chi connectivity index (χ2v) is 10.4. The summed E-state index contributed by atoms with van der Waals surface area (Å²) < 4.78 is 28.9. The van der Waals surface area contributed by atoms with E-state index in [-0.39, 0.29) is 27.7 Å². The highest BCUT2D eigenvalue weighted by atomic mass is 32.2. The van der Waals surface area contributed by atoms with Crippen molar-refractivity contribution in [1.29, 1.82) is 0 Å². The lowest BCUT2D eigenvalue weighted by Gasteiger charge is -2.14. The predicted molar refractivity (Wildman–Crippen MR) is 119 cm³/mol. The van der Waals surface area contributed by atoms with E-state index in [1.165, 1.54) is 12.1 Å². The molecule has 1 saturated carbocycles. The van der Waals surface area contributed by atoms with Crippen LogP contribution in [0.5, 0.6) is 0 Å². The molecule has 3 rings (SSSR count). The Morgan fingerprint density at radius 1 is 1.25 bits per heavy atom. The molecule has 0 radical (unpaired) electrons. The number of hydrogen-bond acceptors (Lipinski definition) is 5. The van der Waals surface area contributed by atoms with Gasteiger partial charge in [0, 0.05) is 17.1 Å². The summed E-state index contributed by atoms with van der Waals surface area (Å²) in [5.74, 6) is -0.108. The number of hydrogen-bond donors (Lipinski definition) is 3. The third kappa shape index (κ3) is 4.79. The van der Waals surface area contributed by atoms with Crippen LogP contribution >= 0.6 is 0 Å². The summed E-state index contributed by atoms with van der Waals surface area (Å²) in [6.45, 7) is 7.47. The fourth-order valence-corrected chi connectivity index (χ4v) is 5.47. The Kier molecular flexibility index (Phi) is 6.64. The van der Waals surface area contributed by atoms with Gasteiger partial charge in [0.05, 0.1) is 22.8 Å². The van der Waals surface area contributed by atoms with Crippen LogP contribution in [-0.2, 0) is 34.0 Å². The van der Waals surface area contributed by atoms with E-state index in [1.54, 1.807) is 23.7 Å². The number of sulfone groups is 1. The molecule has 10 heteroatoms. The summed E-state index contributed by atoms with van der Waals surface area (Å²) in [4.78, 5) is 23.6. The molecule has 0 unspecified atom stereocenters. The number of nitrogens with one attached hydrogen (secondary N) is 2. The first-order valence-corrected chi connectivity index (χ1v) is 12.2. The van der Waals surface area contributed by atoms with E-state index in [2.05, 4.69) is 15.7 Å². The number of benzene rings is 1. The van der Waals surface area contributed by atoms with Gasteiger partial charge in [-0.15, -0.1) is 0 Å². The number of nitrogens with zero attached hydrogens (tertiary/aromatic N) is 2. The molecule has 1 aliphatic rings. The van der Waals surface area contributed by atoms with Crippen LogP contribution in [-0.4, -0.2) is 41.3 Å². The number of rotatable bonds is 9. The second-order valence-electron chi connectivity index (χ2n) is 8.51. The van der Waals surface area contributed by atoms with Crippen LogP contribution < -0.4 is 10.6 Å². The number of aromatic nitrogens is 2. The Labute approximate surface area is 188 Å². The highest BCUT2D eigenvalue weighted by Crippen LogP contribution is 2.45. The summed E-state index contributed by atoms with van der Waals surface area (Å²) >= 11 is 0. The Morgan fingerprint density at radius 3 is 2.50 bits per heavy atom. The van der Waals surface area contributed by atoms with Crippen LogP contribution in [0, 0.1) is 5.41 Å². The van der Waals surface area contributed by atoms with E-state index >= 15 is 0 Å². The molecule has 174 valence electrons. The van der Waals surface area contributed by atoms with Crippen molar-refractivity contribution in [2.45, 2.75) is 75.8 Å². The maximum absolute atomic E-state index is 13.6. The Balaban J connectivity index is 1.98. The number of amides is 2. The molecule has 1 fully saturated rings. The lowest BCUT2D eigenvalue weighted by atomic mass is 10.1. The second kappa shape index (κ2) is 8.93. The van der Waals surface area contributed by atoms with Crippen molar-refractivity contribution in [2.24, 2.45) is 5.41 Å². The molecular weight excluding hydrogens is 432 g/mol. The van der Waals surface area contributed by atoms with Gasteiger partial charge in [0.15, 0.2) is 0 Å². The van der Waals surface area contributed by atoms with Crippen molar-refractivity contribution in [3.8, 4) is 0 Å². The van der Waals surface area contributed by atoms with Crippen LogP contribution in [0.15, 0.2) is 34.1 Å². The molecule has 3 N–H and O–H groups in total. The third-order valence-corrected chi connectivity index (χ3v) is 7.67. The molecule has 0 saturated heterocycles. The molecule has 0 spiro atoms. The first kappa shape index (κ1) is 23.8. The number of aryl methyl sites for hydroxylation is 1. The van der Waals surface area contributed by atoms with Crippen molar-refractivity contribution < 1.29 is 23.1 Å². The molecule has 1 aliphatic carbocycles. The van der Waals surface area contributed by atoms with E-state index < -0.39 is 22.0 Å². The lowest BCUT2D eigenvalue weighted by Crippen LogP contribution is -2.35. The average molecular weight is 463 g/mol. The molecule has 2 aromatic rings. The summed E-state index contributed by atoms with van der Waals surface area (Å²) in [6, 6.07) is 5.82. The van der Waals surface area contributed by atoms with Gasteiger partial charge in [-0.3, -0.25) is 9.48 Å². The maximum atomic E-state index is 13.6. The van der Waals surface area contributed by atoms with E-state index in [0.717, 1.165) is 12.8 Å². The van der Waals surface area contributed by atoms with Crippen molar-refractivity contribution in [3.05, 3.63) is 35.7 Å².